The predicted molar refractivity (Wildman–Crippen MR) is 135 cm³/mol. The van der Waals surface area contributed by atoms with Crippen molar-refractivity contribution in [3.05, 3.63) is 0 Å². The maximum Gasteiger partial charge on any atom is 0.191 e. The van der Waals surface area contributed by atoms with Crippen molar-refractivity contribution in [2.75, 3.05) is 65.6 Å². The molecule has 0 aromatic carbocycles. The summed E-state index contributed by atoms with van der Waals surface area (Å²) in [4.78, 5) is 10.1. The molecule has 172 valence electrons. The molecule has 2 rings (SSSR count). The first-order valence-electron chi connectivity index (χ1n) is 11.7. The summed E-state index contributed by atoms with van der Waals surface area (Å²) in [5.41, 5.74) is 0.347. The number of rotatable bonds is 11. The molecule has 1 saturated heterocycles. The molecule has 0 radical (unpaired) electrons. The topological polar surface area (TPSA) is 52.1 Å². The Kier molecular flexibility index (Phi) is 13.7. The van der Waals surface area contributed by atoms with E-state index < -0.39 is 0 Å². The molecule has 2 aliphatic rings. The van der Waals surface area contributed by atoms with Crippen molar-refractivity contribution in [3.63, 3.8) is 0 Å². The van der Waals surface area contributed by atoms with Crippen LogP contribution in [-0.4, -0.2) is 87.4 Å². The number of hydrogen-bond acceptors (Lipinski definition) is 4. The molecule has 0 spiro atoms. The van der Waals surface area contributed by atoms with E-state index in [1.165, 1.54) is 58.4 Å². The maximum absolute atomic E-state index is 5.65. The second-order valence-corrected chi connectivity index (χ2v) is 8.55. The van der Waals surface area contributed by atoms with Crippen LogP contribution in [0.2, 0.25) is 0 Å². The molecular formula is C22H46IN5O. The minimum atomic E-state index is 0. The van der Waals surface area contributed by atoms with Gasteiger partial charge in [0.2, 0.25) is 0 Å². The smallest absolute Gasteiger partial charge is 0.191 e. The highest BCUT2D eigenvalue weighted by atomic mass is 127. The number of hydrogen-bond donors (Lipinski definition) is 2. The van der Waals surface area contributed by atoms with E-state index in [9.17, 15) is 0 Å². The number of aliphatic imine (C=N–C) groups is 1. The van der Waals surface area contributed by atoms with Crippen molar-refractivity contribution < 1.29 is 4.74 Å². The van der Waals surface area contributed by atoms with Crippen LogP contribution in [-0.2, 0) is 4.74 Å². The minimum Gasteiger partial charge on any atom is -0.382 e. The zero-order chi connectivity index (χ0) is 20.2. The quantitative estimate of drug-likeness (QED) is 0.189. The van der Waals surface area contributed by atoms with E-state index in [1.54, 1.807) is 0 Å². The molecule has 1 saturated carbocycles. The third-order valence-electron chi connectivity index (χ3n) is 6.60. The monoisotopic (exact) mass is 523 g/mol. The van der Waals surface area contributed by atoms with E-state index in [1.807, 2.05) is 0 Å². The van der Waals surface area contributed by atoms with Gasteiger partial charge >= 0.3 is 0 Å². The van der Waals surface area contributed by atoms with Crippen molar-refractivity contribution in [2.24, 2.45) is 10.4 Å². The van der Waals surface area contributed by atoms with Crippen LogP contribution in [0.3, 0.4) is 0 Å². The lowest BCUT2D eigenvalue weighted by atomic mass is 9.83. The minimum absolute atomic E-state index is 0. The maximum atomic E-state index is 5.65. The van der Waals surface area contributed by atoms with Crippen LogP contribution in [0, 0.1) is 5.41 Å². The third-order valence-corrected chi connectivity index (χ3v) is 6.60. The van der Waals surface area contributed by atoms with Gasteiger partial charge in [-0.2, -0.15) is 0 Å². The van der Waals surface area contributed by atoms with Crippen LogP contribution in [0.15, 0.2) is 4.99 Å². The summed E-state index contributed by atoms with van der Waals surface area (Å²) in [5.74, 6) is 0.976. The highest BCUT2D eigenvalue weighted by molar-refractivity contribution is 14.0. The van der Waals surface area contributed by atoms with E-state index >= 15 is 0 Å². The van der Waals surface area contributed by atoms with Gasteiger partial charge < -0.3 is 20.3 Å². The molecule has 0 aromatic rings. The first kappa shape index (κ1) is 26.9. The van der Waals surface area contributed by atoms with Gasteiger partial charge in [-0.25, -0.2) is 0 Å². The number of piperazine rings is 1. The number of guanidine groups is 1. The molecule has 0 aromatic heterocycles. The molecule has 0 amide bonds. The summed E-state index contributed by atoms with van der Waals surface area (Å²) in [6.45, 7) is 19.2. The first-order valence-corrected chi connectivity index (χ1v) is 11.7. The number of likely N-dealkylation sites (N-methyl/N-ethyl adjacent to an activating group) is 1. The van der Waals surface area contributed by atoms with Crippen LogP contribution >= 0.6 is 24.0 Å². The predicted octanol–water partition coefficient (Wildman–Crippen LogP) is 3.17. The molecule has 7 heteroatoms. The van der Waals surface area contributed by atoms with E-state index in [0.29, 0.717) is 11.5 Å². The summed E-state index contributed by atoms with van der Waals surface area (Å²) in [5, 5.41) is 7.05. The Morgan fingerprint density at radius 1 is 1.07 bits per heavy atom. The van der Waals surface area contributed by atoms with Crippen molar-refractivity contribution in [2.45, 2.75) is 65.8 Å². The summed E-state index contributed by atoms with van der Waals surface area (Å²) in [6, 6.07) is 0.529. The lowest BCUT2D eigenvalue weighted by Gasteiger charge is -2.37. The second kappa shape index (κ2) is 14.8. The van der Waals surface area contributed by atoms with Gasteiger partial charge in [-0.15, -0.1) is 24.0 Å². The van der Waals surface area contributed by atoms with E-state index in [0.717, 1.165) is 45.2 Å². The van der Waals surface area contributed by atoms with Crippen molar-refractivity contribution in [1.29, 1.82) is 0 Å². The Labute approximate surface area is 196 Å². The van der Waals surface area contributed by atoms with Gasteiger partial charge in [0.05, 0.1) is 0 Å². The molecule has 1 aliphatic carbocycles. The number of halogens is 1. The second-order valence-electron chi connectivity index (χ2n) is 8.55. The zero-order valence-corrected chi connectivity index (χ0v) is 21.7. The highest BCUT2D eigenvalue weighted by Crippen LogP contribution is 2.41. The molecule has 2 N–H and O–H groups in total. The molecule has 1 aliphatic heterocycles. The highest BCUT2D eigenvalue weighted by Gasteiger charge is 2.33. The van der Waals surface area contributed by atoms with Gasteiger partial charge in [0.15, 0.2) is 5.96 Å². The van der Waals surface area contributed by atoms with Crippen LogP contribution in [0.25, 0.3) is 0 Å². The molecule has 1 heterocycles. The van der Waals surface area contributed by atoms with Crippen LogP contribution < -0.4 is 10.6 Å². The van der Waals surface area contributed by atoms with Gasteiger partial charge in [-0.3, -0.25) is 9.89 Å². The number of nitrogens with one attached hydrogen (secondary N) is 2. The van der Waals surface area contributed by atoms with Gasteiger partial charge in [0, 0.05) is 65.1 Å². The molecule has 29 heavy (non-hydrogen) atoms. The van der Waals surface area contributed by atoms with Crippen LogP contribution in [0.5, 0.6) is 0 Å². The molecular weight excluding hydrogens is 477 g/mol. The zero-order valence-electron chi connectivity index (χ0n) is 19.3. The molecule has 2 fully saturated rings. The fourth-order valence-corrected chi connectivity index (χ4v) is 4.53. The number of nitrogens with zero attached hydrogens (tertiary/aromatic N) is 3. The lowest BCUT2D eigenvalue weighted by Crippen LogP contribution is -2.53. The molecule has 0 bridgehead atoms. The van der Waals surface area contributed by atoms with Crippen LogP contribution in [0.4, 0.5) is 0 Å². The SMILES string of the molecule is CCNC(=NCC1(CCOCC)CCCC1)NCC(C)N1CCN(CC)CC1.I. The molecule has 6 nitrogen and oxygen atoms in total. The van der Waals surface area contributed by atoms with Gasteiger partial charge in [-0.05, 0) is 52.0 Å². The molecule has 1 unspecified atom stereocenters. The lowest BCUT2D eigenvalue weighted by molar-refractivity contribution is 0.106. The fourth-order valence-electron chi connectivity index (χ4n) is 4.53. The first-order chi connectivity index (χ1) is 13.6. The Hall–Kier alpha value is -0.120. The van der Waals surface area contributed by atoms with Gasteiger partial charge in [0.25, 0.3) is 0 Å². The van der Waals surface area contributed by atoms with Crippen LogP contribution in [0.1, 0.15) is 59.8 Å². The fraction of sp³-hybridized carbons (Fsp3) is 0.955. The van der Waals surface area contributed by atoms with E-state index in [4.69, 9.17) is 9.73 Å². The Morgan fingerprint density at radius 2 is 1.76 bits per heavy atom. The largest absolute Gasteiger partial charge is 0.382 e. The average Bonchev–Trinajstić information content (AvgIpc) is 3.19. The summed E-state index contributed by atoms with van der Waals surface area (Å²) >= 11 is 0. The van der Waals surface area contributed by atoms with E-state index in [2.05, 4.69) is 48.1 Å². The average molecular weight is 524 g/mol. The van der Waals surface area contributed by atoms with Crippen molar-refractivity contribution in [3.8, 4) is 0 Å². The Balaban J connectivity index is 0.00000420. The summed E-state index contributed by atoms with van der Waals surface area (Å²) in [6.07, 6.45) is 6.41. The van der Waals surface area contributed by atoms with Gasteiger partial charge in [0.1, 0.15) is 0 Å². The van der Waals surface area contributed by atoms with Crippen molar-refractivity contribution in [1.82, 2.24) is 20.4 Å². The van der Waals surface area contributed by atoms with Gasteiger partial charge in [-0.1, -0.05) is 19.8 Å². The Morgan fingerprint density at radius 3 is 2.34 bits per heavy atom. The van der Waals surface area contributed by atoms with E-state index in [-0.39, 0.29) is 24.0 Å². The third kappa shape index (κ3) is 9.27. The van der Waals surface area contributed by atoms with Crippen molar-refractivity contribution >= 4 is 29.9 Å². The standard InChI is InChI=1S/C22H45N5O.HI/c1-5-23-21(24-18-20(4)27-15-13-26(6-2)14-16-27)25-19-22(10-8-9-11-22)12-17-28-7-3;/h20H,5-19H2,1-4H3,(H2,23,24,25);1H. The summed E-state index contributed by atoms with van der Waals surface area (Å²) < 4.78 is 5.65. The normalized spacial score (nSPS) is 21.6. The number of ether oxygens (including phenoxy) is 1. The summed E-state index contributed by atoms with van der Waals surface area (Å²) in [7, 11) is 0. The Bertz CT molecular complexity index is 448. The molecule has 1 atom stereocenters.